The molecule has 0 unspecified atom stereocenters. The van der Waals surface area contributed by atoms with Gasteiger partial charge in [-0.1, -0.05) is 11.3 Å². The predicted octanol–water partition coefficient (Wildman–Crippen LogP) is 1.39. The summed E-state index contributed by atoms with van der Waals surface area (Å²) in [5.74, 6) is -1.25. The van der Waals surface area contributed by atoms with Crippen LogP contribution in [0, 0.1) is 13.8 Å². The molecule has 8 heteroatoms. The van der Waals surface area contributed by atoms with Gasteiger partial charge in [0.1, 0.15) is 17.9 Å². The lowest BCUT2D eigenvalue weighted by Crippen LogP contribution is -2.23. The molecule has 124 valence electrons. The Balaban J connectivity index is 1.70. The molecule has 0 bridgehead atoms. The zero-order valence-electron chi connectivity index (χ0n) is 13.3. The quantitative estimate of drug-likeness (QED) is 0.655. The van der Waals surface area contributed by atoms with Crippen LogP contribution in [-0.4, -0.2) is 37.0 Å². The number of aliphatic carboxylic acids is 1. The molecule has 0 fully saturated rings. The van der Waals surface area contributed by atoms with Crippen molar-refractivity contribution in [2.24, 2.45) is 0 Å². The van der Waals surface area contributed by atoms with E-state index in [0.717, 1.165) is 22.0 Å². The van der Waals surface area contributed by atoms with E-state index in [1.165, 1.54) is 10.9 Å². The Morgan fingerprint density at radius 2 is 2.08 bits per heavy atom. The number of hydrogen-bond donors (Lipinski definition) is 3. The van der Waals surface area contributed by atoms with Gasteiger partial charge >= 0.3 is 5.97 Å². The highest BCUT2D eigenvalue weighted by Crippen LogP contribution is 2.21. The number of carboxylic acid groups (broad SMARTS) is 1. The van der Waals surface area contributed by atoms with Crippen LogP contribution >= 0.6 is 0 Å². The van der Waals surface area contributed by atoms with Crippen molar-refractivity contribution in [2.45, 2.75) is 26.9 Å². The number of benzene rings is 1. The number of nitrogens with one attached hydrogen (secondary N) is 2. The minimum Gasteiger partial charge on any atom is -0.480 e. The second-order valence-electron chi connectivity index (χ2n) is 5.71. The first kappa shape index (κ1) is 15.7. The summed E-state index contributed by atoms with van der Waals surface area (Å²) in [6, 6.07) is 5.88. The molecule has 0 radical (unpaired) electrons. The van der Waals surface area contributed by atoms with Crippen LogP contribution in [-0.2, 0) is 17.9 Å². The number of rotatable bonds is 5. The van der Waals surface area contributed by atoms with Gasteiger partial charge in [-0.25, -0.2) is 4.68 Å². The Bertz CT molecular complexity index is 925. The third-order valence-electron chi connectivity index (χ3n) is 3.65. The van der Waals surface area contributed by atoms with Gasteiger partial charge in [0.25, 0.3) is 5.91 Å². The molecule has 24 heavy (non-hydrogen) atoms. The van der Waals surface area contributed by atoms with Crippen molar-refractivity contribution in [3.05, 3.63) is 46.9 Å². The van der Waals surface area contributed by atoms with Crippen LogP contribution in [0.3, 0.4) is 0 Å². The van der Waals surface area contributed by atoms with Gasteiger partial charge in [0.05, 0.1) is 12.7 Å². The van der Waals surface area contributed by atoms with E-state index in [9.17, 15) is 9.59 Å². The number of carbonyl (C=O) groups excluding carboxylic acids is 1. The monoisotopic (exact) mass is 327 g/mol. The molecule has 3 rings (SSSR count). The van der Waals surface area contributed by atoms with Gasteiger partial charge in [-0.3, -0.25) is 9.59 Å². The molecule has 1 amide bonds. The van der Waals surface area contributed by atoms with Gasteiger partial charge in [-0.15, -0.1) is 5.10 Å². The number of fused-ring (bicyclic) bond motifs is 1. The van der Waals surface area contributed by atoms with Crippen molar-refractivity contribution in [3.8, 4) is 0 Å². The summed E-state index contributed by atoms with van der Waals surface area (Å²) >= 11 is 0. The molecular formula is C16H17N5O3. The lowest BCUT2D eigenvalue weighted by atomic mass is 10.1. The van der Waals surface area contributed by atoms with E-state index in [-0.39, 0.29) is 19.0 Å². The standard InChI is InChI=1S/C16H17N5O3/c1-9-3-10(2)12-5-14(18-13(12)4-9)16(24)17-6-11-7-21(20-19-11)8-15(22)23/h3-5,7,18H,6,8H2,1-2H3,(H,17,24)(H,22,23). The third kappa shape index (κ3) is 3.27. The van der Waals surface area contributed by atoms with E-state index >= 15 is 0 Å². The maximum atomic E-state index is 12.3. The molecule has 0 aliphatic carbocycles. The fraction of sp³-hybridized carbons (Fsp3) is 0.250. The highest BCUT2D eigenvalue weighted by Gasteiger charge is 2.12. The van der Waals surface area contributed by atoms with E-state index in [0.29, 0.717) is 11.4 Å². The number of amides is 1. The van der Waals surface area contributed by atoms with Crippen LogP contribution in [0.1, 0.15) is 27.3 Å². The first-order valence-electron chi connectivity index (χ1n) is 7.41. The fourth-order valence-corrected chi connectivity index (χ4v) is 2.62. The van der Waals surface area contributed by atoms with E-state index in [1.807, 2.05) is 26.0 Å². The summed E-state index contributed by atoms with van der Waals surface area (Å²) in [4.78, 5) is 26.0. The van der Waals surface area contributed by atoms with Crippen molar-refractivity contribution in [1.82, 2.24) is 25.3 Å². The van der Waals surface area contributed by atoms with Crippen molar-refractivity contribution in [3.63, 3.8) is 0 Å². The van der Waals surface area contributed by atoms with Crippen LogP contribution in [0.15, 0.2) is 24.4 Å². The molecule has 0 saturated carbocycles. The third-order valence-corrected chi connectivity index (χ3v) is 3.65. The molecule has 2 heterocycles. The number of aromatic amines is 1. The Kier molecular flexibility index (Phi) is 4.03. The minimum atomic E-state index is -1.00. The molecule has 0 atom stereocenters. The first-order chi connectivity index (χ1) is 11.4. The number of aromatic nitrogens is 4. The number of nitrogens with zero attached hydrogens (tertiary/aromatic N) is 3. The number of hydrogen-bond acceptors (Lipinski definition) is 4. The minimum absolute atomic E-state index is 0.172. The highest BCUT2D eigenvalue weighted by molar-refractivity contribution is 5.98. The van der Waals surface area contributed by atoms with E-state index in [4.69, 9.17) is 5.11 Å². The second kappa shape index (κ2) is 6.15. The van der Waals surface area contributed by atoms with E-state index < -0.39 is 5.97 Å². The first-order valence-corrected chi connectivity index (χ1v) is 7.41. The number of H-pyrrole nitrogens is 1. The number of carboxylic acids is 1. The van der Waals surface area contributed by atoms with Crippen molar-refractivity contribution < 1.29 is 14.7 Å². The molecule has 0 aliphatic rings. The second-order valence-corrected chi connectivity index (χ2v) is 5.71. The Morgan fingerprint density at radius 3 is 2.83 bits per heavy atom. The average molecular weight is 327 g/mol. The van der Waals surface area contributed by atoms with Gasteiger partial charge in [0.2, 0.25) is 0 Å². The fourth-order valence-electron chi connectivity index (χ4n) is 2.62. The maximum absolute atomic E-state index is 12.3. The largest absolute Gasteiger partial charge is 0.480 e. The molecule has 2 aromatic heterocycles. The van der Waals surface area contributed by atoms with E-state index in [2.05, 4.69) is 26.7 Å². The average Bonchev–Trinajstić information content (AvgIpc) is 3.11. The molecule has 0 aliphatic heterocycles. The van der Waals surface area contributed by atoms with Gasteiger partial charge in [-0.2, -0.15) is 0 Å². The SMILES string of the molecule is Cc1cc(C)c2cc(C(=O)NCc3cn(CC(=O)O)nn3)[nH]c2c1. The smallest absolute Gasteiger partial charge is 0.325 e. The summed E-state index contributed by atoms with van der Waals surface area (Å²) < 4.78 is 1.21. The molecule has 3 N–H and O–H groups in total. The van der Waals surface area contributed by atoms with E-state index in [1.54, 1.807) is 0 Å². The lowest BCUT2D eigenvalue weighted by molar-refractivity contribution is -0.137. The van der Waals surface area contributed by atoms with Crippen molar-refractivity contribution in [2.75, 3.05) is 0 Å². The predicted molar refractivity (Wildman–Crippen MR) is 86.6 cm³/mol. The van der Waals surface area contributed by atoms with Crippen LogP contribution < -0.4 is 5.32 Å². The summed E-state index contributed by atoms with van der Waals surface area (Å²) in [7, 11) is 0. The molecule has 0 spiro atoms. The van der Waals surface area contributed by atoms with Crippen LogP contribution in [0.5, 0.6) is 0 Å². The Hall–Kier alpha value is -3.16. The molecular weight excluding hydrogens is 310 g/mol. The lowest BCUT2D eigenvalue weighted by Gasteiger charge is -2.00. The molecule has 0 saturated heterocycles. The topological polar surface area (TPSA) is 113 Å². The van der Waals surface area contributed by atoms with Gasteiger partial charge in [-0.05, 0) is 37.1 Å². The molecule has 3 aromatic rings. The molecule has 1 aromatic carbocycles. The van der Waals surface area contributed by atoms with Gasteiger partial charge in [0.15, 0.2) is 0 Å². The zero-order valence-corrected chi connectivity index (χ0v) is 13.3. The number of carbonyl (C=O) groups is 2. The van der Waals surface area contributed by atoms with Gasteiger partial charge < -0.3 is 15.4 Å². The summed E-state index contributed by atoms with van der Waals surface area (Å²) in [5.41, 5.74) is 4.12. The summed E-state index contributed by atoms with van der Waals surface area (Å²) in [6.45, 7) is 3.92. The summed E-state index contributed by atoms with van der Waals surface area (Å²) in [5, 5.41) is 20.0. The number of aryl methyl sites for hydroxylation is 2. The van der Waals surface area contributed by atoms with Gasteiger partial charge in [0, 0.05) is 10.9 Å². The zero-order chi connectivity index (χ0) is 17.3. The van der Waals surface area contributed by atoms with Crippen LogP contribution in [0.4, 0.5) is 0 Å². The van der Waals surface area contributed by atoms with Crippen molar-refractivity contribution in [1.29, 1.82) is 0 Å². The van der Waals surface area contributed by atoms with Crippen LogP contribution in [0.2, 0.25) is 0 Å². The Labute approximate surface area is 137 Å². The van der Waals surface area contributed by atoms with Crippen LogP contribution in [0.25, 0.3) is 10.9 Å². The maximum Gasteiger partial charge on any atom is 0.325 e. The molecule has 8 nitrogen and oxygen atoms in total. The highest BCUT2D eigenvalue weighted by atomic mass is 16.4. The summed E-state index contributed by atoms with van der Waals surface area (Å²) in [6.07, 6.45) is 1.49. The van der Waals surface area contributed by atoms with Crippen molar-refractivity contribution >= 4 is 22.8 Å². The normalized spacial score (nSPS) is 10.9. The Morgan fingerprint density at radius 1 is 1.29 bits per heavy atom.